The molecule has 19 heavy (non-hydrogen) atoms. The maximum atomic E-state index is 11.8. The summed E-state index contributed by atoms with van der Waals surface area (Å²) in [5.41, 5.74) is -3.07. The van der Waals surface area contributed by atoms with Crippen molar-refractivity contribution in [1.29, 1.82) is 0 Å². The number of thioether (sulfide) groups is 1. The number of halogens is 3. The van der Waals surface area contributed by atoms with Crippen LogP contribution in [0.15, 0.2) is 37.5 Å². The Kier molecular flexibility index (Phi) is 14.9. The van der Waals surface area contributed by atoms with E-state index in [0.29, 0.717) is 19.6 Å². The van der Waals surface area contributed by atoms with E-state index < -0.39 is 5.51 Å². The van der Waals surface area contributed by atoms with Gasteiger partial charge >= 0.3 is 5.51 Å². The highest BCUT2D eigenvalue weighted by atomic mass is 32.2. The van der Waals surface area contributed by atoms with Crippen molar-refractivity contribution in [1.82, 2.24) is 0 Å². The highest BCUT2D eigenvalue weighted by Crippen LogP contribution is 2.30. The van der Waals surface area contributed by atoms with Gasteiger partial charge in [-0.05, 0) is 25.3 Å². The predicted octanol–water partition coefficient (Wildman–Crippen LogP) is 5.36. The molecular formula is C14H23F3OS. The monoisotopic (exact) mass is 296 g/mol. The summed E-state index contributed by atoms with van der Waals surface area (Å²) in [5, 5.41) is 0. The zero-order valence-corrected chi connectivity index (χ0v) is 12.3. The zero-order chi connectivity index (χ0) is 15.1. The third-order valence-corrected chi connectivity index (χ3v) is 2.92. The van der Waals surface area contributed by atoms with Crippen LogP contribution in [0.3, 0.4) is 0 Å². The molecule has 0 aliphatic rings. The Balaban J connectivity index is 0. The lowest BCUT2D eigenvalue weighted by atomic mass is 10.2. The van der Waals surface area contributed by atoms with E-state index in [4.69, 9.17) is 4.74 Å². The molecule has 0 rings (SSSR count). The van der Waals surface area contributed by atoms with Crippen LogP contribution in [0, 0.1) is 0 Å². The summed E-state index contributed by atoms with van der Waals surface area (Å²) >= 11 is 0.0463. The molecule has 0 amide bonds. The third kappa shape index (κ3) is 17.3. The van der Waals surface area contributed by atoms with E-state index in [-0.39, 0.29) is 17.5 Å². The Bertz CT molecular complexity index is 250. The van der Waals surface area contributed by atoms with Gasteiger partial charge in [0, 0.05) is 12.4 Å². The number of alkyl halides is 3. The Morgan fingerprint density at radius 2 is 1.84 bits per heavy atom. The quantitative estimate of drug-likeness (QED) is 0.322. The molecule has 0 saturated carbocycles. The van der Waals surface area contributed by atoms with Gasteiger partial charge in [-0.3, -0.25) is 0 Å². The first kappa shape index (κ1) is 20.6. The summed E-state index contributed by atoms with van der Waals surface area (Å²) in [4.78, 5) is 0. The van der Waals surface area contributed by atoms with Gasteiger partial charge in [-0.1, -0.05) is 36.9 Å². The predicted molar refractivity (Wildman–Crippen MR) is 78.4 cm³/mol. The fourth-order valence-electron chi connectivity index (χ4n) is 1.12. The Labute approximate surface area is 118 Å². The van der Waals surface area contributed by atoms with E-state index in [9.17, 15) is 13.2 Å². The highest BCUT2D eigenvalue weighted by Gasteiger charge is 2.27. The molecule has 0 fully saturated rings. The summed E-state index contributed by atoms with van der Waals surface area (Å²) in [5.74, 6) is 0.135. The van der Waals surface area contributed by atoms with Crippen LogP contribution >= 0.6 is 11.8 Å². The number of allylic oxidation sites excluding steroid dienone is 1. The van der Waals surface area contributed by atoms with Crippen LogP contribution in [0.1, 0.15) is 26.2 Å². The summed E-state index contributed by atoms with van der Waals surface area (Å²) < 4.78 is 40.7. The minimum atomic E-state index is -4.10. The van der Waals surface area contributed by atoms with Crippen LogP contribution in [0.25, 0.3) is 0 Å². The first-order chi connectivity index (χ1) is 8.99. The normalized spacial score (nSPS) is 11.7. The molecule has 0 N–H and O–H groups in total. The average molecular weight is 296 g/mol. The van der Waals surface area contributed by atoms with Crippen molar-refractivity contribution in [3.05, 3.63) is 37.5 Å². The van der Waals surface area contributed by atoms with Crippen molar-refractivity contribution in [2.45, 2.75) is 31.7 Å². The number of hydrogen-bond donors (Lipinski definition) is 0. The molecule has 0 heterocycles. The van der Waals surface area contributed by atoms with E-state index in [2.05, 4.69) is 19.7 Å². The van der Waals surface area contributed by atoms with Gasteiger partial charge in [0.1, 0.15) is 0 Å². The molecule has 1 nitrogen and oxygen atoms in total. The van der Waals surface area contributed by atoms with Crippen LogP contribution in [0.2, 0.25) is 0 Å². The molecule has 0 saturated heterocycles. The SMILES string of the molecule is C=C.C=C/C(=C\C)COCCCCCSC(F)(F)F. The fraction of sp³-hybridized carbons (Fsp3) is 0.571. The Morgan fingerprint density at radius 3 is 2.32 bits per heavy atom. The van der Waals surface area contributed by atoms with E-state index >= 15 is 0 Å². The van der Waals surface area contributed by atoms with E-state index in [0.717, 1.165) is 18.4 Å². The fourth-order valence-corrected chi connectivity index (χ4v) is 1.70. The standard InChI is InChI=1S/C12H19F3OS.C2H4/c1-3-11(4-2)10-16-8-6-5-7-9-17-12(13,14)15;1-2/h3-4H,1,5-10H2,2H3;1-2H2/b11-4+;. The van der Waals surface area contributed by atoms with Crippen LogP contribution in [-0.2, 0) is 4.74 Å². The number of rotatable bonds is 9. The van der Waals surface area contributed by atoms with Crippen molar-refractivity contribution < 1.29 is 17.9 Å². The molecule has 112 valence electrons. The Morgan fingerprint density at radius 1 is 1.21 bits per heavy atom. The smallest absolute Gasteiger partial charge is 0.377 e. The second-order valence-corrected chi connectivity index (χ2v) is 4.63. The average Bonchev–Trinajstić information content (AvgIpc) is 2.38. The van der Waals surface area contributed by atoms with Crippen molar-refractivity contribution in [2.75, 3.05) is 19.0 Å². The van der Waals surface area contributed by atoms with E-state index in [1.807, 2.05) is 13.0 Å². The molecule has 0 aliphatic heterocycles. The summed E-state index contributed by atoms with van der Waals surface area (Å²) in [6.07, 6.45) is 5.80. The van der Waals surface area contributed by atoms with E-state index in [1.54, 1.807) is 6.08 Å². The van der Waals surface area contributed by atoms with Crippen LogP contribution in [0.5, 0.6) is 0 Å². The lowest BCUT2D eigenvalue weighted by molar-refractivity contribution is -0.0328. The van der Waals surface area contributed by atoms with Gasteiger partial charge in [0.05, 0.1) is 6.61 Å². The molecule has 0 aliphatic carbocycles. The molecule has 0 aromatic rings. The summed E-state index contributed by atoms with van der Waals surface area (Å²) in [7, 11) is 0. The van der Waals surface area contributed by atoms with Crippen LogP contribution < -0.4 is 0 Å². The van der Waals surface area contributed by atoms with Gasteiger partial charge in [0.2, 0.25) is 0 Å². The molecule has 0 unspecified atom stereocenters. The van der Waals surface area contributed by atoms with Crippen LogP contribution in [0.4, 0.5) is 13.2 Å². The zero-order valence-electron chi connectivity index (χ0n) is 11.5. The van der Waals surface area contributed by atoms with Crippen molar-refractivity contribution in [3.8, 4) is 0 Å². The maximum absolute atomic E-state index is 11.8. The van der Waals surface area contributed by atoms with Gasteiger partial charge < -0.3 is 4.74 Å². The van der Waals surface area contributed by atoms with Crippen LogP contribution in [-0.4, -0.2) is 24.5 Å². The summed E-state index contributed by atoms with van der Waals surface area (Å²) in [6.45, 7) is 12.7. The van der Waals surface area contributed by atoms with Gasteiger partial charge in [0.15, 0.2) is 0 Å². The van der Waals surface area contributed by atoms with Crippen molar-refractivity contribution >= 4 is 11.8 Å². The van der Waals surface area contributed by atoms with Gasteiger partial charge in [0.25, 0.3) is 0 Å². The third-order valence-electron chi connectivity index (χ3n) is 2.10. The minimum absolute atomic E-state index is 0.0463. The minimum Gasteiger partial charge on any atom is -0.377 e. The molecule has 0 aromatic heterocycles. The second-order valence-electron chi connectivity index (χ2n) is 3.48. The maximum Gasteiger partial charge on any atom is 0.441 e. The highest BCUT2D eigenvalue weighted by molar-refractivity contribution is 8.00. The topological polar surface area (TPSA) is 9.23 Å². The van der Waals surface area contributed by atoms with Gasteiger partial charge in [-0.2, -0.15) is 13.2 Å². The first-order valence-electron chi connectivity index (χ1n) is 6.05. The van der Waals surface area contributed by atoms with Gasteiger partial charge in [-0.15, -0.1) is 13.2 Å². The number of ether oxygens (including phenoxy) is 1. The first-order valence-corrected chi connectivity index (χ1v) is 7.04. The van der Waals surface area contributed by atoms with Crippen molar-refractivity contribution in [2.24, 2.45) is 0 Å². The molecule has 5 heteroatoms. The largest absolute Gasteiger partial charge is 0.441 e. The number of hydrogen-bond acceptors (Lipinski definition) is 2. The Hall–Kier alpha value is -0.680. The van der Waals surface area contributed by atoms with E-state index in [1.165, 1.54) is 0 Å². The van der Waals surface area contributed by atoms with Crippen molar-refractivity contribution in [3.63, 3.8) is 0 Å². The second kappa shape index (κ2) is 13.7. The molecule has 0 bridgehead atoms. The molecular weight excluding hydrogens is 273 g/mol. The van der Waals surface area contributed by atoms with Gasteiger partial charge in [-0.25, -0.2) is 0 Å². The molecule has 0 aromatic carbocycles. The molecule has 0 spiro atoms. The number of unbranched alkanes of at least 4 members (excludes halogenated alkanes) is 2. The summed E-state index contributed by atoms with van der Waals surface area (Å²) in [6, 6.07) is 0. The molecule has 0 atom stereocenters. The lowest BCUT2D eigenvalue weighted by Crippen LogP contribution is -2.02. The molecule has 0 radical (unpaired) electrons. The lowest BCUT2D eigenvalue weighted by Gasteiger charge is -2.06.